The highest BCUT2D eigenvalue weighted by Crippen LogP contribution is 2.24. The van der Waals surface area contributed by atoms with Crippen LogP contribution in [0.15, 0.2) is 18.3 Å². The first-order valence-electron chi connectivity index (χ1n) is 7.21. The van der Waals surface area contributed by atoms with Gasteiger partial charge in [0.15, 0.2) is 0 Å². The summed E-state index contributed by atoms with van der Waals surface area (Å²) >= 11 is 0. The fourth-order valence-corrected chi connectivity index (χ4v) is 2.27. The molecule has 1 unspecified atom stereocenters. The van der Waals surface area contributed by atoms with Crippen molar-refractivity contribution in [2.24, 2.45) is 0 Å². The molecule has 4 nitrogen and oxygen atoms in total. The van der Waals surface area contributed by atoms with E-state index in [1.807, 2.05) is 18.3 Å². The SMILES string of the molecule is CCNC(CCN(CC)CC)c1ncccc1OC. The van der Waals surface area contributed by atoms with Crippen molar-refractivity contribution >= 4 is 0 Å². The normalized spacial score (nSPS) is 12.7. The van der Waals surface area contributed by atoms with Crippen LogP contribution in [0.25, 0.3) is 0 Å². The van der Waals surface area contributed by atoms with Crippen LogP contribution in [0.5, 0.6) is 5.75 Å². The Labute approximate surface area is 117 Å². The van der Waals surface area contributed by atoms with Crippen LogP contribution in [-0.4, -0.2) is 43.2 Å². The van der Waals surface area contributed by atoms with Crippen molar-refractivity contribution < 1.29 is 4.74 Å². The second-order valence-electron chi connectivity index (χ2n) is 4.52. The van der Waals surface area contributed by atoms with E-state index in [1.165, 1.54) is 0 Å². The van der Waals surface area contributed by atoms with Crippen LogP contribution in [0, 0.1) is 0 Å². The van der Waals surface area contributed by atoms with E-state index >= 15 is 0 Å². The van der Waals surface area contributed by atoms with Gasteiger partial charge in [0.25, 0.3) is 0 Å². The van der Waals surface area contributed by atoms with E-state index in [0.717, 1.165) is 44.0 Å². The van der Waals surface area contributed by atoms with Gasteiger partial charge in [-0.1, -0.05) is 20.8 Å². The Hall–Kier alpha value is -1.13. The zero-order valence-electron chi connectivity index (χ0n) is 12.6. The molecule has 0 fully saturated rings. The average Bonchev–Trinajstić information content (AvgIpc) is 2.47. The van der Waals surface area contributed by atoms with E-state index < -0.39 is 0 Å². The Balaban J connectivity index is 2.75. The Morgan fingerprint density at radius 3 is 2.63 bits per heavy atom. The molecule has 1 rings (SSSR count). The van der Waals surface area contributed by atoms with Gasteiger partial charge in [0.2, 0.25) is 0 Å². The summed E-state index contributed by atoms with van der Waals surface area (Å²) in [4.78, 5) is 6.92. The summed E-state index contributed by atoms with van der Waals surface area (Å²) in [6.45, 7) is 10.7. The maximum atomic E-state index is 5.42. The molecule has 0 bridgehead atoms. The molecule has 0 saturated heterocycles. The third-order valence-electron chi connectivity index (χ3n) is 3.43. The fourth-order valence-electron chi connectivity index (χ4n) is 2.27. The van der Waals surface area contributed by atoms with Gasteiger partial charge < -0.3 is 15.0 Å². The number of nitrogens with zero attached hydrogens (tertiary/aromatic N) is 2. The predicted molar refractivity (Wildman–Crippen MR) is 79.6 cm³/mol. The standard InChI is InChI=1S/C15H27N3O/c1-5-16-13(10-12-18(6-2)7-3)15-14(19-4)9-8-11-17-15/h8-9,11,13,16H,5-7,10,12H2,1-4H3. The van der Waals surface area contributed by atoms with Crippen molar-refractivity contribution in [2.75, 3.05) is 33.3 Å². The van der Waals surface area contributed by atoms with Crippen molar-refractivity contribution in [3.63, 3.8) is 0 Å². The van der Waals surface area contributed by atoms with Gasteiger partial charge in [0, 0.05) is 6.20 Å². The Morgan fingerprint density at radius 2 is 2.05 bits per heavy atom. The van der Waals surface area contributed by atoms with Crippen LogP contribution in [-0.2, 0) is 0 Å². The minimum Gasteiger partial charge on any atom is -0.495 e. The van der Waals surface area contributed by atoms with Gasteiger partial charge in [-0.3, -0.25) is 4.98 Å². The molecule has 1 N–H and O–H groups in total. The van der Waals surface area contributed by atoms with Crippen molar-refractivity contribution in [3.8, 4) is 5.75 Å². The number of aromatic nitrogens is 1. The van der Waals surface area contributed by atoms with Gasteiger partial charge >= 0.3 is 0 Å². The number of rotatable bonds is 9. The zero-order valence-corrected chi connectivity index (χ0v) is 12.6. The monoisotopic (exact) mass is 265 g/mol. The predicted octanol–water partition coefficient (Wildman–Crippen LogP) is 2.47. The molecule has 0 aliphatic carbocycles. The molecule has 108 valence electrons. The van der Waals surface area contributed by atoms with Gasteiger partial charge in [0.05, 0.1) is 18.8 Å². The second kappa shape index (κ2) is 8.88. The minimum absolute atomic E-state index is 0.252. The van der Waals surface area contributed by atoms with E-state index in [9.17, 15) is 0 Å². The van der Waals surface area contributed by atoms with Crippen molar-refractivity contribution in [1.82, 2.24) is 15.2 Å². The Morgan fingerprint density at radius 1 is 1.32 bits per heavy atom. The third-order valence-corrected chi connectivity index (χ3v) is 3.43. The van der Waals surface area contributed by atoms with Gasteiger partial charge in [-0.15, -0.1) is 0 Å². The molecule has 4 heteroatoms. The molecule has 0 saturated carbocycles. The second-order valence-corrected chi connectivity index (χ2v) is 4.52. The van der Waals surface area contributed by atoms with Crippen LogP contribution in [0.4, 0.5) is 0 Å². The number of hydrogen-bond donors (Lipinski definition) is 1. The highest BCUT2D eigenvalue weighted by molar-refractivity contribution is 5.29. The van der Waals surface area contributed by atoms with E-state index in [2.05, 4.69) is 36.0 Å². The number of hydrogen-bond acceptors (Lipinski definition) is 4. The van der Waals surface area contributed by atoms with Gasteiger partial charge in [-0.05, 0) is 44.7 Å². The highest BCUT2D eigenvalue weighted by atomic mass is 16.5. The van der Waals surface area contributed by atoms with Crippen molar-refractivity contribution in [3.05, 3.63) is 24.0 Å². The van der Waals surface area contributed by atoms with E-state index in [4.69, 9.17) is 4.74 Å². The minimum atomic E-state index is 0.252. The first-order chi connectivity index (χ1) is 9.26. The van der Waals surface area contributed by atoms with E-state index in [-0.39, 0.29) is 6.04 Å². The summed E-state index contributed by atoms with van der Waals surface area (Å²) in [5.41, 5.74) is 1.01. The highest BCUT2D eigenvalue weighted by Gasteiger charge is 2.17. The van der Waals surface area contributed by atoms with Crippen molar-refractivity contribution in [2.45, 2.75) is 33.2 Å². The molecular formula is C15H27N3O. The summed E-state index contributed by atoms with van der Waals surface area (Å²) in [7, 11) is 1.70. The summed E-state index contributed by atoms with van der Waals surface area (Å²) in [5, 5.41) is 3.51. The molecule has 1 heterocycles. The molecule has 19 heavy (non-hydrogen) atoms. The number of pyridine rings is 1. The molecular weight excluding hydrogens is 238 g/mol. The molecule has 1 aromatic rings. The average molecular weight is 265 g/mol. The van der Waals surface area contributed by atoms with Gasteiger partial charge in [-0.25, -0.2) is 0 Å². The Kier molecular flexibility index (Phi) is 7.45. The number of methoxy groups -OCH3 is 1. The van der Waals surface area contributed by atoms with Gasteiger partial charge in [0.1, 0.15) is 5.75 Å². The lowest BCUT2D eigenvalue weighted by molar-refractivity contribution is 0.279. The molecule has 0 amide bonds. The largest absolute Gasteiger partial charge is 0.495 e. The summed E-state index contributed by atoms with van der Waals surface area (Å²) in [5.74, 6) is 0.869. The van der Waals surface area contributed by atoms with E-state index in [1.54, 1.807) is 7.11 Å². The molecule has 1 atom stereocenters. The third kappa shape index (κ3) is 4.80. The lowest BCUT2D eigenvalue weighted by Crippen LogP contribution is -2.30. The van der Waals surface area contributed by atoms with Crippen LogP contribution in [0.2, 0.25) is 0 Å². The van der Waals surface area contributed by atoms with Crippen LogP contribution >= 0.6 is 0 Å². The van der Waals surface area contributed by atoms with Crippen LogP contribution in [0.1, 0.15) is 38.9 Å². The molecule has 1 aromatic heterocycles. The van der Waals surface area contributed by atoms with Gasteiger partial charge in [-0.2, -0.15) is 0 Å². The maximum absolute atomic E-state index is 5.42. The topological polar surface area (TPSA) is 37.4 Å². The molecule has 0 aliphatic rings. The first kappa shape index (κ1) is 15.9. The van der Waals surface area contributed by atoms with Crippen LogP contribution in [0.3, 0.4) is 0 Å². The number of nitrogens with one attached hydrogen (secondary N) is 1. The van der Waals surface area contributed by atoms with Crippen molar-refractivity contribution in [1.29, 1.82) is 0 Å². The molecule has 0 spiro atoms. The lowest BCUT2D eigenvalue weighted by atomic mass is 10.1. The smallest absolute Gasteiger partial charge is 0.141 e. The van der Waals surface area contributed by atoms with Crippen LogP contribution < -0.4 is 10.1 Å². The fraction of sp³-hybridized carbons (Fsp3) is 0.667. The maximum Gasteiger partial charge on any atom is 0.141 e. The summed E-state index contributed by atoms with van der Waals surface area (Å²) in [6, 6.07) is 4.14. The zero-order chi connectivity index (χ0) is 14.1. The van der Waals surface area contributed by atoms with E-state index in [0.29, 0.717) is 0 Å². The first-order valence-corrected chi connectivity index (χ1v) is 7.21. The lowest BCUT2D eigenvalue weighted by Gasteiger charge is -2.24. The molecule has 0 aliphatic heterocycles. The summed E-state index contributed by atoms with van der Waals surface area (Å²) in [6.07, 6.45) is 2.88. The number of ether oxygens (including phenoxy) is 1. The Bertz CT molecular complexity index is 353. The summed E-state index contributed by atoms with van der Waals surface area (Å²) < 4.78 is 5.42. The molecule has 0 radical (unpaired) electrons. The quantitative estimate of drug-likeness (QED) is 0.744. The molecule has 0 aromatic carbocycles.